The molecule has 1 atom stereocenters. The molecule has 1 amide bonds. The number of carbonyl (C=O) groups is 1. The number of nitrogens with zero attached hydrogens (tertiary/aromatic N) is 3. The predicted molar refractivity (Wildman–Crippen MR) is 166 cm³/mol. The third kappa shape index (κ3) is 6.89. The molecule has 2 aliphatic rings. The SMILES string of the molecule is C[C@@H]1CN(c2cc(B3OC(C)(C)C(C)(C)O3)cc3c2ccn3COCC[Si](C)(C)C)CCN1C(=O)OC(C)(C)C. The van der Waals surface area contributed by atoms with Crippen molar-refractivity contribution in [2.45, 2.75) is 111 Å². The monoisotopic (exact) mass is 571 g/mol. The zero-order valence-corrected chi connectivity index (χ0v) is 27.6. The van der Waals surface area contributed by atoms with Gasteiger partial charge in [0.15, 0.2) is 0 Å². The van der Waals surface area contributed by atoms with Crippen LogP contribution in [0, 0.1) is 0 Å². The zero-order valence-electron chi connectivity index (χ0n) is 26.6. The van der Waals surface area contributed by atoms with Crippen molar-refractivity contribution in [1.82, 2.24) is 9.47 Å². The average molecular weight is 572 g/mol. The largest absolute Gasteiger partial charge is 0.494 e. The maximum atomic E-state index is 12.9. The lowest BCUT2D eigenvalue weighted by Gasteiger charge is -2.41. The van der Waals surface area contributed by atoms with Crippen LogP contribution in [0.15, 0.2) is 24.4 Å². The van der Waals surface area contributed by atoms with Crippen LogP contribution in [-0.2, 0) is 25.5 Å². The van der Waals surface area contributed by atoms with Crippen molar-refractivity contribution < 1.29 is 23.6 Å². The molecule has 0 saturated carbocycles. The minimum Gasteiger partial charge on any atom is -0.444 e. The fourth-order valence-electron chi connectivity index (χ4n) is 5.10. The molecule has 4 rings (SSSR count). The number of fused-ring (bicyclic) bond motifs is 1. The first-order valence-electron chi connectivity index (χ1n) is 14.7. The summed E-state index contributed by atoms with van der Waals surface area (Å²) in [5.74, 6) is 0. The lowest BCUT2D eigenvalue weighted by Crippen LogP contribution is -2.55. The molecular weight excluding hydrogens is 521 g/mol. The number of aromatic nitrogens is 1. The summed E-state index contributed by atoms with van der Waals surface area (Å²) < 4.78 is 26.9. The van der Waals surface area contributed by atoms with Gasteiger partial charge in [-0.25, -0.2) is 4.79 Å². The molecule has 8 nitrogen and oxygen atoms in total. The Kier molecular flexibility index (Phi) is 8.51. The zero-order chi connectivity index (χ0) is 29.7. The van der Waals surface area contributed by atoms with Crippen LogP contribution in [0.2, 0.25) is 25.7 Å². The molecule has 2 aliphatic heterocycles. The number of hydrogen-bond donors (Lipinski definition) is 0. The molecule has 40 heavy (non-hydrogen) atoms. The van der Waals surface area contributed by atoms with E-state index in [9.17, 15) is 4.79 Å². The van der Waals surface area contributed by atoms with Crippen molar-refractivity contribution in [3.8, 4) is 0 Å². The predicted octanol–water partition coefficient (Wildman–Crippen LogP) is 5.70. The fraction of sp³-hybridized carbons (Fsp3) is 0.700. The third-order valence-electron chi connectivity index (χ3n) is 8.24. The van der Waals surface area contributed by atoms with E-state index in [4.69, 9.17) is 18.8 Å². The van der Waals surface area contributed by atoms with Crippen LogP contribution in [-0.4, -0.2) is 79.8 Å². The molecule has 1 aromatic heterocycles. The lowest BCUT2D eigenvalue weighted by molar-refractivity contribution is 0.00578. The van der Waals surface area contributed by atoms with E-state index in [-0.39, 0.29) is 12.1 Å². The molecule has 0 unspecified atom stereocenters. The molecule has 2 saturated heterocycles. The number of carbonyl (C=O) groups excluding carboxylic acids is 1. The highest BCUT2D eigenvalue weighted by molar-refractivity contribution is 6.76. The number of amides is 1. The number of benzene rings is 1. The number of ether oxygens (including phenoxy) is 2. The van der Waals surface area contributed by atoms with Gasteiger partial charge in [0.2, 0.25) is 0 Å². The van der Waals surface area contributed by atoms with Crippen molar-refractivity contribution in [2.24, 2.45) is 0 Å². The molecule has 0 bridgehead atoms. The second-order valence-corrected chi connectivity index (χ2v) is 20.3. The van der Waals surface area contributed by atoms with Gasteiger partial charge in [-0.05, 0) is 85.1 Å². The fourth-order valence-corrected chi connectivity index (χ4v) is 5.85. The highest BCUT2D eigenvalue weighted by Gasteiger charge is 2.52. The summed E-state index contributed by atoms with van der Waals surface area (Å²) >= 11 is 0. The number of rotatable bonds is 7. The molecular formula is C30H50BN3O5Si. The molecule has 2 fully saturated rings. The Labute approximate surface area is 242 Å². The molecule has 0 N–H and O–H groups in total. The Morgan fingerprint density at radius 1 is 1.10 bits per heavy atom. The smallest absolute Gasteiger partial charge is 0.444 e. The quantitative estimate of drug-likeness (QED) is 0.314. The molecule has 1 aromatic carbocycles. The summed E-state index contributed by atoms with van der Waals surface area (Å²) in [5, 5.41) is 1.16. The van der Waals surface area contributed by atoms with Crippen LogP contribution in [0.1, 0.15) is 55.4 Å². The molecule has 0 spiro atoms. The Morgan fingerprint density at radius 3 is 2.33 bits per heavy atom. The molecule has 3 heterocycles. The van der Waals surface area contributed by atoms with Crippen molar-refractivity contribution in [1.29, 1.82) is 0 Å². The van der Waals surface area contributed by atoms with Crippen molar-refractivity contribution in [2.75, 3.05) is 31.1 Å². The first-order chi connectivity index (χ1) is 18.4. The van der Waals surface area contributed by atoms with Gasteiger partial charge >= 0.3 is 13.2 Å². The second-order valence-electron chi connectivity index (χ2n) is 14.7. The summed E-state index contributed by atoms with van der Waals surface area (Å²) in [4.78, 5) is 17.1. The summed E-state index contributed by atoms with van der Waals surface area (Å²) in [6, 6.07) is 7.70. The van der Waals surface area contributed by atoms with E-state index in [2.05, 4.69) is 88.1 Å². The molecule has 2 aromatic rings. The Hall–Kier alpha value is -2.01. The van der Waals surface area contributed by atoms with Gasteiger partial charge in [0, 0.05) is 57.6 Å². The van der Waals surface area contributed by atoms with E-state index in [1.165, 1.54) is 0 Å². The lowest BCUT2D eigenvalue weighted by atomic mass is 9.78. The summed E-state index contributed by atoms with van der Waals surface area (Å²) in [7, 11) is -1.63. The minimum absolute atomic E-state index is 0.00568. The van der Waals surface area contributed by atoms with Crippen LogP contribution in [0.4, 0.5) is 10.5 Å². The van der Waals surface area contributed by atoms with Gasteiger partial charge in [0.25, 0.3) is 0 Å². The van der Waals surface area contributed by atoms with E-state index in [1.54, 1.807) is 0 Å². The highest BCUT2D eigenvalue weighted by Crippen LogP contribution is 2.38. The van der Waals surface area contributed by atoms with Gasteiger partial charge in [-0.1, -0.05) is 19.6 Å². The van der Waals surface area contributed by atoms with E-state index >= 15 is 0 Å². The summed E-state index contributed by atoms with van der Waals surface area (Å²) in [6.07, 6.45) is 1.86. The second kappa shape index (κ2) is 11.0. The van der Waals surface area contributed by atoms with Gasteiger partial charge in [-0.2, -0.15) is 0 Å². The number of hydrogen-bond acceptors (Lipinski definition) is 6. The molecule has 222 valence electrons. The van der Waals surface area contributed by atoms with Crippen LogP contribution in [0.25, 0.3) is 10.9 Å². The van der Waals surface area contributed by atoms with Crippen LogP contribution in [0.3, 0.4) is 0 Å². The maximum Gasteiger partial charge on any atom is 0.494 e. The summed E-state index contributed by atoms with van der Waals surface area (Å²) in [5.41, 5.74) is 1.84. The van der Waals surface area contributed by atoms with Crippen molar-refractivity contribution >= 4 is 43.3 Å². The van der Waals surface area contributed by atoms with E-state index in [0.29, 0.717) is 26.4 Å². The molecule has 0 radical (unpaired) electrons. The number of piperazine rings is 1. The Bertz CT molecular complexity index is 1200. The first kappa shape index (κ1) is 30.9. The number of anilines is 1. The van der Waals surface area contributed by atoms with Crippen molar-refractivity contribution in [3.05, 3.63) is 24.4 Å². The van der Waals surface area contributed by atoms with Crippen LogP contribution in [0.5, 0.6) is 0 Å². The normalized spacial score (nSPS) is 21.4. The topological polar surface area (TPSA) is 65.4 Å². The Balaban J connectivity index is 1.64. The van der Waals surface area contributed by atoms with Gasteiger partial charge in [-0.3, -0.25) is 0 Å². The van der Waals surface area contributed by atoms with Gasteiger partial charge in [-0.15, -0.1) is 0 Å². The van der Waals surface area contributed by atoms with Crippen LogP contribution >= 0.6 is 0 Å². The highest BCUT2D eigenvalue weighted by atomic mass is 28.3. The van der Waals surface area contributed by atoms with Crippen LogP contribution < -0.4 is 10.4 Å². The summed E-state index contributed by atoms with van der Waals surface area (Å²) in [6.45, 7) is 26.5. The third-order valence-corrected chi connectivity index (χ3v) is 9.94. The standard InChI is InChI=1S/C30H50BN3O5Si/c1-22-20-32(14-15-34(22)27(35)37-28(2,3)4)25-18-23(31-38-29(5,6)30(7,8)39-31)19-26-24(25)12-13-33(26)21-36-16-17-40(9,10)11/h12-13,18-19,22H,14-17,20-21H2,1-11H3/t22-/m1/s1. The first-order valence-corrected chi connectivity index (χ1v) is 18.4. The van der Waals surface area contributed by atoms with Gasteiger partial charge in [0.05, 0.1) is 16.7 Å². The molecule has 10 heteroatoms. The minimum atomic E-state index is -1.16. The molecule has 0 aliphatic carbocycles. The average Bonchev–Trinajstić information content (AvgIpc) is 3.30. The van der Waals surface area contributed by atoms with Crippen molar-refractivity contribution in [3.63, 3.8) is 0 Å². The van der Waals surface area contributed by atoms with E-state index in [1.807, 2.05) is 25.7 Å². The Morgan fingerprint density at radius 2 is 1.75 bits per heavy atom. The van der Waals surface area contributed by atoms with E-state index < -0.39 is 32.0 Å². The van der Waals surface area contributed by atoms with E-state index in [0.717, 1.165) is 34.7 Å². The van der Waals surface area contributed by atoms with Gasteiger partial charge < -0.3 is 33.1 Å². The van der Waals surface area contributed by atoms with Gasteiger partial charge in [0.1, 0.15) is 12.3 Å². The maximum absolute atomic E-state index is 12.9.